The van der Waals surface area contributed by atoms with E-state index >= 15 is 0 Å². The predicted octanol–water partition coefficient (Wildman–Crippen LogP) is 1.41. The molecule has 0 saturated heterocycles. The molecule has 0 amide bonds. The van der Waals surface area contributed by atoms with Crippen LogP contribution in [0.5, 0.6) is 5.75 Å². The number of nitro benzene ring substituents is 1. The van der Waals surface area contributed by atoms with Gasteiger partial charge >= 0.3 is 5.69 Å². The van der Waals surface area contributed by atoms with Gasteiger partial charge in [0.1, 0.15) is 12.2 Å². The molecule has 1 fully saturated rings. The lowest BCUT2D eigenvalue weighted by Gasteiger charge is -2.41. The van der Waals surface area contributed by atoms with Gasteiger partial charge in [0.05, 0.1) is 18.1 Å². The normalized spacial score (nSPS) is 24.4. The number of methoxy groups -OCH3 is 1. The Kier molecular flexibility index (Phi) is 5.11. The maximum absolute atomic E-state index is 11.1. The number of aryl methyl sites for hydroxylation is 1. The van der Waals surface area contributed by atoms with Crippen LogP contribution in [-0.2, 0) is 9.47 Å². The third kappa shape index (κ3) is 3.69. The van der Waals surface area contributed by atoms with Crippen LogP contribution in [0, 0.1) is 17.0 Å². The minimum atomic E-state index is -0.443. The van der Waals surface area contributed by atoms with Crippen molar-refractivity contribution in [2.24, 2.45) is 5.73 Å². The molecule has 0 radical (unpaired) electrons. The van der Waals surface area contributed by atoms with Crippen LogP contribution >= 0.6 is 0 Å². The van der Waals surface area contributed by atoms with E-state index in [1.807, 2.05) is 0 Å². The van der Waals surface area contributed by atoms with Crippen LogP contribution in [0.25, 0.3) is 0 Å². The van der Waals surface area contributed by atoms with Crippen molar-refractivity contribution in [1.29, 1.82) is 0 Å². The first-order valence-electron chi connectivity index (χ1n) is 6.80. The van der Waals surface area contributed by atoms with Crippen LogP contribution in [0.4, 0.5) is 5.69 Å². The molecule has 7 heteroatoms. The van der Waals surface area contributed by atoms with Crippen molar-refractivity contribution < 1.29 is 19.1 Å². The number of hydrogen-bond acceptors (Lipinski definition) is 6. The van der Waals surface area contributed by atoms with Crippen LogP contribution < -0.4 is 10.5 Å². The second-order valence-electron chi connectivity index (χ2n) is 5.11. The standard InChI is InChI=1S/C14H20N2O5/c1-9-3-4-12(11(7-9)16(17)18)21-13-8-10(15)14(13)20-6-5-19-2/h3-4,7,10,13-14H,5-6,8,15H2,1-2H3. The molecule has 3 atom stereocenters. The Morgan fingerprint density at radius 3 is 2.81 bits per heavy atom. The molecule has 1 saturated carbocycles. The minimum absolute atomic E-state index is 0.0360. The zero-order valence-electron chi connectivity index (χ0n) is 12.2. The second-order valence-corrected chi connectivity index (χ2v) is 5.11. The number of nitrogens with two attached hydrogens (primary N) is 1. The first kappa shape index (κ1) is 15.7. The molecular weight excluding hydrogens is 276 g/mol. The van der Waals surface area contributed by atoms with E-state index in [9.17, 15) is 10.1 Å². The van der Waals surface area contributed by atoms with Crippen molar-refractivity contribution in [3.05, 3.63) is 33.9 Å². The fourth-order valence-electron chi connectivity index (χ4n) is 2.26. The average Bonchev–Trinajstić information content (AvgIpc) is 2.44. The molecule has 0 heterocycles. The molecule has 3 unspecified atom stereocenters. The third-order valence-electron chi connectivity index (χ3n) is 3.48. The SMILES string of the molecule is COCCOC1C(N)CC1Oc1ccc(C)cc1[N+](=O)[O-]. The Morgan fingerprint density at radius 2 is 2.19 bits per heavy atom. The van der Waals surface area contributed by atoms with Crippen molar-refractivity contribution >= 4 is 5.69 Å². The van der Waals surface area contributed by atoms with Gasteiger partial charge in [0.15, 0.2) is 5.75 Å². The highest BCUT2D eigenvalue weighted by Crippen LogP contribution is 2.33. The second kappa shape index (κ2) is 6.84. The molecule has 7 nitrogen and oxygen atoms in total. The van der Waals surface area contributed by atoms with Gasteiger partial charge in [-0.1, -0.05) is 6.07 Å². The van der Waals surface area contributed by atoms with Crippen molar-refractivity contribution in [1.82, 2.24) is 0 Å². The van der Waals surface area contributed by atoms with Crippen molar-refractivity contribution in [3.63, 3.8) is 0 Å². The monoisotopic (exact) mass is 296 g/mol. The number of hydrogen-bond donors (Lipinski definition) is 1. The minimum Gasteiger partial charge on any atom is -0.481 e. The molecule has 21 heavy (non-hydrogen) atoms. The van der Waals surface area contributed by atoms with Crippen LogP contribution in [0.2, 0.25) is 0 Å². The number of benzene rings is 1. The Labute approximate surface area is 123 Å². The lowest BCUT2D eigenvalue weighted by atomic mass is 9.86. The molecule has 0 aliphatic heterocycles. The summed E-state index contributed by atoms with van der Waals surface area (Å²) in [5.74, 6) is 0.253. The van der Waals surface area contributed by atoms with Crippen molar-refractivity contribution in [3.8, 4) is 5.75 Å². The van der Waals surface area contributed by atoms with E-state index in [0.29, 0.717) is 19.6 Å². The van der Waals surface area contributed by atoms with Gasteiger partial charge in [0.2, 0.25) is 0 Å². The van der Waals surface area contributed by atoms with E-state index in [1.54, 1.807) is 26.2 Å². The van der Waals surface area contributed by atoms with Gasteiger partial charge < -0.3 is 19.9 Å². The molecule has 1 aliphatic carbocycles. The van der Waals surface area contributed by atoms with E-state index in [2.05, 4.69) is 0 Å². The van der Waals surface area contributed by atoms with Gasteiger partial charge in [0.25, 0.3) is 0 Å². The Balaban J connectivity index is 2.03. The smallest absolute Gasteiger partial charge is 0.311 e. The Hall–Kier alpha value is -1.70. The topological polar surface area (TPSA) is 96.9 Å². The third-order valence-corrected chi connectivity index (χ3v) is 3.48. The van der Waals surface area contributed by atoms with Crippen LogP contribution in [0.15, 0.2) is 18.2 Å². The van der Waals surface area contributed by atoms with Crippen LogP contribution in [0.3, 0.4) is 0 Å². The van der Waals surface area contributed by atoms with E-state index < -0.39 is 4.92 Å². The van der Waals surface area contributed by atoms with Gasteiger partial charge in [-0.05, 0) is 18.6 Å². The maximum atomic E-state index is 11.1. The van der Waals surface area contributed by atoms with Gasteiger partial charge in [0, 0.05) is 25.6 Å². The summed E-state index contributed by atoms with van der Waals surface area (Å²) in [4.78, 5) is 10.6. The number of rotatable bonds is 7. The zero-order valence-corrected chi connectivity index (χ0v) is 12.2. The molecule has 2 rings (SSSR count). The fraction of sp³-hybridized carbons (Fsp3) is 0.571. The molecular formula is C14H20N2O5. The van der Waals surface area contributed by atoms with E-state index in [1.165, 1.54) is 6.07 Å². The fourth-order valence-corrected chi connectivity index (χ4v) is 2.26. The summed E-state index contributed by atoms with van der Waals surface area (Å²) in [6.45, 7) is 2.69. The van der Waals surface area contributed by atoms with Gasteiger partial charge in [-0.15, -0.1) is 0 Å². The average molecular weight is 296 g/mol. The highest BCUT2D eigenvalue weighted by molar-refractivity contribution is 5.48. The lowest BCUT2D eigenvalue weighted by molar-refractivity contribution is -0.386. The quantitative estimate of drug-likeness (QED) is 0.464. The van der Waals surface area contributed by atoms with Crippen molar-refractivity contribution in [2.45, 2.75) is 31.6 Å². The number of nitrogens with zero attached hydrogens (tertiary/aromatic N) is 1. The van der Waals surface area contributed by atoms with Crippen LogP contribution in [-0.4, -0.2) is 43.5 Å². The Bertz CT molecular complexity index is 508. The summed E-state index contributed by atoms with van der Waals surface area (Å²) in [6, 6.07) is 4.77. The predicted molar refractivity (Wildman–Crippen MR) is 76.5 cm³/mol. The molecule has 116 valence electrons. The number of nitro groups is 1. The molecule has 1 aromatic rings. The molecule has 0 spiro atoms. The maximum Gasteiger partial charge on any atom is 0.311 e. The highest BCUT2D eigenvalue weighted by atomic mass is 16.6. The summed E-state index contributed by atoms with van der Waals surface area (Å²) in [5, 5.41) is 11.1. The number of ether oxygens (including phenoxy) is 3. The van der Waals surface area contributed by atoms with Gasteiger partial charge in [-0.2, -0.15) is 0 Å². The van der Waals surface area contributed by atoms with Crippen molar-refractivity contribution in [2.75, 3.05) is 20.3 Å². The molecule has 0 aromatic heterocycles. The van der Waals surface area contributed by atoms with E-state index in [-0.39, 0.29) is 29.7 Å². The van der Waals surface area contributed by atoms with Gasteiger partial charge in [-0.25, -0.2) is 0 Å². The molecule has 1 aliphatic rings. The lowest BCUT2D eigenvalue weighted by Crippen LogP contribution is -2.59. The summed E-state index contributed by atoms with van der Waals surface area (Å²) in [5.41, 5.74) is 6.67. The van der Waals surface area contributed by atoms with E-state index in [4.69, 9.17) is 19.9 Å². The summed E-state index contributed by atoms with van der Waals surface area (Å²) in [7, 11) is 1.59. The summed E-state index contributed by atoms with van der Waals surface area (Å²) in [6.07, 6.45) is 0.0854. The summed E-state index contributed by atoms with van der Waals surface area (Å²) >= 11 is 0. The Morgan fingerprint density at radius 1 is 1.43 bits per heavy atom. The molecule has 2 N–H and O–H groups in total. The molecule has 0 bridgehead atoms. The summed E-state index contributed by atoms with van der Waals surface area (Å²) < 4.78 is 16.2. The van der Waals surface area contributed by atoms with Crippen LogP contribution in [0.1, 0.15) is 12.0 Å². The van der Waals surface area contributed by atoms with Gasteiger partial charge in [-0.3, -0.25) is 10.1 Å². The van der Waals surface area contributed by atoms with E-state index in [0.717, 1.165) is 5.56 Å². The largest absolute Gasteiger partial charge is 0.481 e. The zero-order chi connectivity index (χ0) is 15.4. The first-order valence-corrected chi connectivity index (χ1v) is 6.80. The first-order chi connectivity index (χ1) is 10.0. The molecule has 1 aromatic carbocycles. The highest BCUT2D eigenvalue weighted by Gasteiger charge is 2.42.